The summed E-state index contributed by atoms with van der Waals surface area (Å²) < 4.78 is 6.54. The number of ketones is 1. The summed E-state index contributed by atoms with van der Waals surface area (Å²) in [5.74, 6) is -0.301. The number of hydrogen-bond acceptors (Lipinski definition) is 4. The Morgan fingerprint density at radius 2 is 1.77 bits per heavy atom. The molecule has 6 nitrogen and oxygen atoms in total. The van der Waals surface area contributed by atoms with E-state index in [0.717, 1.165) is 12.8 Å². The van der Waals surface area contributed by atoms with Gasteiger partial charge in [-0.25, -0.2) is 4.79 Å². The number of hydrogen-bond donors (Lipinski definition) is 0. The van der Waals surface area contributed by atoms with Crippen LogP contribution in [0.3, 0.4) is 0 Å². The fraction of sp³-hybridized carbons (Fsp3) is 0.650. The van der Waals surface area contributed by atoms with Crippen LogP contribution in [0.15, 0.2) is 0 Å². The van der Waals surface area contributed by atoms with E-state index in [1.807, 2.05) is 20.8 Å². The van der Waals surface area contributed by atoms with Crippen molar-refractivity contribution >= 4 is 17.7 Å². The second-order valence-corrected chi connectivity index (χ2v) is 7.65. The molecule has 1 atom stereocenters. The molecule has 1 unspecified atom stereocenters. The maximum Gasteiger partial charge on any atom is 0.354 e. The van der Waals surface area contributed by atoms with Crippen LogP contribution in [0.5, 0.6) is 0 Å². The van der Waals surface area contributed by atoms with E-state index in [0.29, 0.717) is 28.9 Å². The van der Waals surface area contributed by atoms with Crippen LogP contribution < -0.4 is 0 Å². The van der Waals surface area contributed by atoms with E-state index in [1.54, 1.807) is 30.4 Å². The third kappa shape index (κ3) is 3.69. The summed E-state index contributed by atoms with van der Waals surface area (Å²) in [4.78, 5) is 39.8. The fourth-order valence-electron chi connectivity index (χ4n) is 3.60. The predicted octanol–water partition coefficient (Wildman–Crippen LogP) is 3.04. The molecule has 0 spiro atoms. The van der Waals surface area contributed by atoms with Gasteiger partial charge in [-0.05, 0) is 45.1 Å². The standard InChI is InChI=1S/C20H30N2O4/c1-11(2)10-16(23)22(15-8-9-15)14(5)19(24)17-12(3)18(20(25)26-7)21(6)13(17)4/h11,14-15H,8-10H2,1-7H3. The lowest BCUT2D eigenvalue weighted by molar-refractivity contribution is -0.133. The van der Waals surface area contributed by atoms with Gasteiger partial charge in [0.1, 0.15) is 5.69 Å². The summed E-state index contributed by atoms with van der Waals surface area (Å²) in [7, 11) is 3.08. The smallest absolute Gasteiger partial charge is 0.354 e. The molecule has 0 aromatic carbocycles. The molecular weight excluding hydrogens is 332 g/mol. The summed E-state index contributed by atoms with van der Waals surface area (Å²) in [5, 5.41) is 0. The highest BCUT2D eigenvalue weighted by Gasteiger charge is 2.40. The first kappa shape index (κ1) is 20.2. The van der Waals surface area contributed by atoms with Crippen molar-refractivity contribution in [3.63, 3.8) is 0 Å². The van der Waals surface area contributed by atoms with Crippen molar-refractivity contribution < 1.29 is 19.1 Å². The normalized spacial score (nSPS) is 15.1. The molecule has 2 rings (SSSR count). The first-order chi connectivity index (χ1) is 12.1. The van der Waals surface area contributed by atoms with E-state index in [9.17, 15) is 14.4 Å². The molecule has 144 valence electrons. The Hall–Kier alpha value is -2.11. The summed E-state index contributed by atoms with van der Waals surface area (Å²) in [6.45, 7) is 9.38. The zero-order chi connectivity index (χ0) is 19.8. The number of carbonyl (C=O) groups excluding carboxylic acids is 3. The number of methoxy groups -OCH3 is 1. The van der Waals surface area contributed by atoms with E-state index in [2.05, 4.69) is 0 Å². The molecule has 1 fully saturated rings. The molecular formula is C20H30N2O4. The Kier molecular flexibility index (Phi) is 5.94. The van der Waals surface area contributed by atoms with Gasteiger partial charge in [0.2, 0.25) is 5.91 Å². The molecule has 6 heteroatoms. The molecule has 0 radical (unpaired) electrons. The molecule has 1 heterocycles. The number of ether oxygens (including phenoxy) is 1. The minimum atomic E-state index is -0.543. The number of carbonyl (C=O) groups is 3. The van der Waals surface area contributed by atoms with Crippen LogP contribution in [0.4, 0.5) is 0 Å². The van der Waals surface area contributed by atoms with Crippen LogP contribution in [0.2, 0.25) is 0 Å². The van der Waals surface area contributed by atoms with Gasteiger partial charge in [0.25, 0.3) is 0 Å². The highest BCUT2D eigenvalue weighted by Crippen LogP contribution is 2.32. The van der Waals surface area contributed by atoms with E-state index < -0.39 is 12.0 Å². The molecule has 1 saturated carbocycles. The maximum absolute atomic E-state index is 13.3. The molecule has 0 N–H and O–H groups in total. The SMILES string of the molecule is COC(=O)c1c(C)c(C(=O)C(C)N(C(=O)CC(C)C)C2CC2)c(C)n1C. The van der Waals surface area contributed by atoms with Crippen LogP contribution in [-0.2, 0) is 16.6 Å². The lowest BCUT2D eigenvalue weighted by atomic mass is 9.99. The van der Waals surface area contributed by atoms with Gasteiger partial charge in [0, 0.05) is 30.8 Å². The van der Waals surface area contributed by atoms with Crippen molar-refractivity contribution in [3.8, 4) is 0 Å². The second kappa shape index (κ2) is 7.64. The summed E-state index contributed by atoms with van der Waals surface area (Å²) >= 11 is 0. The average Bonchev–Trinajstić information content (AvgIpc) is 3.35. The Labute approximate surface area is 155 Å². The van der Waals surface area contributed by atoms with Gasteiger partial charge >= 0.3 is 5.97 Å². The van der Waals surface area contributed by atoms with Crippen molar-refractivity contribution in [2.45, 2.75) is 66.0 Å². The largest absolute Gasteiger partial charge is 0.464 e. The van der Waals surface area contributed by atoms with Crippen molar-refractivity contribution in [1.29, 1.82) is 0 Å². The maximum atomic E-state index is 13.3. The quantitative estimate of drug-likeness (QED) is 0.552. The molecule has 26 heavy (non-hydrogen) atoms. The van der Waals surface area contributed by atoms with Crippen LogP contribution >= 0.6 is 0 Å². The first-order valence-corrected chi connectivity index (χ1v) is 9.21. The van der Waals surface area contributed by atoms with Crippen molar-refractivity contribution in [2.24, 2.45) is 13.0 Å². The van der Waals surface area contributed by atoms with Crippen LogP contribution in [0, 0.1) is 19.8 Å². The number of amides is 1. The lowest BCUT2D eigenvalue weighted by Gasteiger charge is -2.29. The first-order valence-electron chi connectivity index (χ1n) is 9.21. The van der Waals surface area contributed by atoms with E-state index >= 15 is 0 Å². The molecule has 1 aromatic heterocycles. The highest BCUT2D eigenvalue weighted by atomic mass is 16.5. The molecule has 1 amide bonds. The minimum absolute atomic E-state index is 0.0304. The van der Waals surface area contributed by atoms with Gasteiger partial charge in [-0.3, -0.25) is 9.59 Å². The highest BCUT2D eigenvalue weighted by molar-refractivity contribution is 6.06. The van der Waals surface area contributed by atoms with Crippen molar-refractivity contribution in [2.75, 3.05) is 7.11 Å². The van der Waals surface area contributed by atoms with Gasteiger partial charge < -0.3 is 14.2 Å². The van der Waals surface area contributed by atoms with E-state index in [1.165, 1.54) is 7.11 Å². The van der Waals surface area contributed by atoms with Gasteiger partial charge in [0.05, 0.1) is 13.2 Å². The average molecular weight is 362 g/mol. The predicted molar refractivity (Wildman–Crippen MR) is 99.3 cm³/mol. The number of nitrogens with zero attached hydrogens (tertiary/aromatic N) is 2. The summed E-state index contributed by atoms with van der Waals surface area (Å²) in [5.41, 5.74) is 2.22. The monoisotopic (exact) mass is 362 g/mol. The second-order valence-electron chi connectivity index (χ2n) is 7.65. The minimum Gasteiger partial charge on any atom is -0.464 e. The Bertz CT molecular complexity index is 729. The van der Waals surface area contributed by atoms with Crippen molar-refractivity contribution in [1.82, 2.24) is 9.47 Å². The third-order valence-electron chi connectivity index (χ3n) is 5.16. The zero-order valence-electron chi connectivity index (χ0n) is 16.9. The van der Waals surface area contributed by atoms with Gasteiger partial charge in [-0.15, -0.1) is 0 Å². The Morgan fingerprint density at radius 1 is 1.19 bits per heavy atom. The fourth-order valence-corrected chi connectivity index (χ4v) is 3.60. The van der Waals surface area contributed by atoms with Gasteiger partial charge in [-0.1, -0.05) is 13.8 Å². The zero-order valence-corrected chi connectivity index (χ0v) is 16.9. The van der Waals surface area contributed by atoms with E-state index in [-0.39, 0.29) is 23.7 Å². The lowest BCUT2D eigenvalue weighted by Crippen LogP contribution is -2.45. The molecule has 1 aliphatic rings. The van der Waals surface area contributed by atoms with E-state index in [4.69, 9.17) is 4.74 Å². The Morgan fingerprint density at radius 3 is 2.23 bits per heavy atom. The summed E-state index contributed by atoms with van der Waals surface area (Å²) in [6, 6.07) is -0.386. The summed E-state index contributed by atoms with van der Waals surface area (Å²) in [6.07, 6.45) is 2.33. The van der Waals surface area contributed by atoms with Gasteiger partial charge in [0.15, 0.2) is 5.78 Å². The Balaban J connectivity index is 2.38. The van der Waals surface area contributed by atoms with Crippen LogP contribution in [-0.4, -0.2) is 46.3 Å². The third-order valence-corrected chi connectivity index (χ3v) is 5.16. The van der Waals surface area contributed by atoms with Crippen LogP contribution in [0.25, 0.3) is 0 Å². The molecule has 1 aromatic rings. The molecule has 0 saturated heterocycles. The number of Topliss-reactive ketones (excluding diaryl/α,β-unsaturated/α-hetero) is 1. The number of esters is 1. The molecule has 0 bridgehead atoms. The van der Waals surface area contributed by atoms with Crippen molar-refractivity contribution in [3.05, 3.63) is 22.5 Å². The number of aromatic nitrogens is 1. The van der Waals surface area contributed by atoms with Crippen LogP contribution in [0.1, 0.15) is 72.1 Å². The molecule has 0 aliphatic heterocycles. The molecule has 1 aliphatic carbocycles. The number of rotatable bonds is 7. The van der Waals surface area contributed by atoms with Gasteiger partial charge in [-0.2, -0.15) is 0 Å². The topological polar surface area (TPSA) is 68.6 Å².